The molecule has 3 rings (SSSR count). The zero-order valence-electron chi connectivity index (χ0n) is 11.7. The molecule has 0 aromatic carbocycles. The number of nitrogen functional groups attached to an aromatic ring is 1. The molecular formula is C12H19N7O2. The summed E-state index contributed by atoms with van der Waals surface area (Å²) in [5.41, 5.74) is 2.13. The first kappa shape index (κ1) is 14.0. The molecule has 0 amide bonds. The number of nitrogens with zero attached hydrogens (tertiary/aromatic N) is 5. The van der Waals surface area contributed by atoms with Gasteiger partial charge in [0.2, 0.25) is 11.6 Å². The first-order valence-corrected chi connectivity index (χ1v) is 7.15. The zero-order valence-corrected chi connectivity index (χ0v) is 11.7. The van der Waals surface area contributed by atoms with Crippen molar-refractivity contribution in [1.29, 1.82) is 0 Å². The highest BCUT2D eigenvalue weighted by Crippen LogP contribution is 2.33. The van der Waals surface area contributed by atoms with Crippen molar-refractivity contribution in [3.05, 3.63) is 16.4 Å². The molecule has 114 valence electrons. The van der Waals surface area contributed by atoms with Gasteiger partial charge < -0.3 is 10.3 Å². The molecule has 1 unspecified atom stereocenters. The Morgan fingerprint density at radius 2 is 2.19 bits per heavy atom. The van der Waals surface area contributed by atoms with Crippen LogP contribution < -0.4 is 16.2 Å². The lowest BCUT2D eigenvalue weighted by Gasteiger charge is -2.44. The van der Waals surface area contributed by atoms with E-state index in [1.807, 2.05) is 4.90 Å². The van der Waals surface area contributed by atoms with Crippen molar-refractivity contribution in [3.8, 4) is 0 Å². The summed E-state index contributed by atoms with van der Waals surface area (Å²) in [7, 11) is 0. The Balaban J connectivity index is 1.88. The summed E-state index contributed by atoms with van der Waals surface area (Å²) in [5.74, 6) is 5.73. The Kier molecular flexibility index (Phi) is 3.84. The lowest BCUT2D eigenvalue weighted by atomic mass is 9.99. The predicted molar refractivity (Wildman–Crippen MR) is 77.9 cm³/mol. The summed E-state index contributed by atoms with van der Waals surface area (Å²) in [5, 5.41) is 11.3. The molecule has 2 aliphatic heterocycles. The van der Waals surface area contributed by atoms with Crippen LogP contribution in [-0.2, 0) is 0 Å². The molecule has 2 fully saturated rings. The van der Waals surface area contributed by atoms with Crippen LogP contribution in [0.1, 0.15) is 19.3 Å². The SMILES string of the molecule is NNc1ncnc(N2CCN3CCCCC3C2)c1[N+](=O)[O-]. The van der Waals surface area contributed by atoms with Crippen molar-refractivity contribution < 1.29 is 4.92 Å². The molecule has 3 heterocycles. The highest BCUT2D eigenvalue weighted by molar-refractivity contribution is 5.70. The molecule has 2 aliphatic rings. The standard InChI is InChI=1S/C12H19N7O2/c13-16-11-10(19(20)21)12(15-8-14-11)18-6-5-17-4-2-1-3-9(17)7-18/h8-9H,1-7,13H2,(H,14,15,16). The van der Waals surface area contributed by atoms with E-state index in [4.69, 9.17) is 5.84 Å². The molecule has 0 saturated carbocycles. The van der Waals surface area contributed by atoms with Gasteiger partial charge in [0.1, 0.15) is 6.33 Å². The van der Waals surface area contributed by atoms with E-state index in [1.54, 1.807) is 0 Å². The Hall–Kier alpha value is -2.00. The van der Waals surface area contributed by atoms with Crippen molar-refractivity contribution >= 4 is 17.3 Å². The summed E-state index contributed by atoms with van der Waals surface area (Å²) in [6, 6.07) is 0.455. The van der Waals surface area contributed by atoms with Crippen LogP contribution >= 0.6 is 0 Å². The molecule has 0 spiro atoms. The van der Waals surface area contributed by atoms with E-state index in [2.05, 4.69) is 20.3 Å². The average molecular weight is 293 g/mol. The van der Waals surface area contributed by atoms with Gasteiger partial charge in [0.05, 0.1) is 4.92 Å². The summed E-state index contributed by atoms with van der Waals surface area (Å²) < 4.78 is 0. The van der Waals surface area contributed by atoms with Gasteiger partial charge in [-0.3, -0.25) is 15.0 Å². The maximum Gasteiger partial charge on any atom is 0.354 e. The Bertz CT molecular complexity index is 538. The summed E-state index contributed by atoms with van der Waals surface area (Å²) in [6.45, 7) is 3.54. The van der Waals surface area contributed by atoms with E-state index in [0.29, 0.717) is 11.9 Å². The number of piperidine rings is 1. The van der Waals surface area contributed by atoms with Crippen molar-refractivity contribution in [2.24, 2.45) is 5.84 Å². The number of nitrogens with one attached hydrogen (secondary N) is 1. The smallest absolute Gasteiger partial charge is 0.348 e. The highest BCUT2D eigenvalue weighted by Gasteiger charge is 2.33. The highest BCUT2D eigenvalue weighted by atomic mass is 16.6. The van der Waals surface area contributed by atoms with Gasteiger partial charge in [-0.1, -0.05) is 6.42 Å². The first-order valence-electron chi connectivity index (χ1n) is 7.15. The van der Waals surface area contributed by atoms with Gasteiger partial charge in [-0.15, -0.1) is 0 Å². The van der Waals surface area contributed by atoms with E-state index in [0.717, 1.165) is 32.6 Å². The van der Waals surface area contributed by atoms with Crippen molar-refractivity contribution in [2.45, 2.75) is 25.3 Å². The molecule has 21 heavy (non-hydrogen) atoms. The second-order valence-electron chi connectivity index (χ2n) is 5.43. The third kappa shape index (κ3) is 2.61. The second kappa shape index (κ2) is 5.78. The molecule has 9 nitrogen and oxygen atoms in total. The number of hydrazine groups is 1. The minimum absolute atomic E-state index is 0.0519. The van der Waals surface area contributed by atoms with Gasteiger partial charge in [0.15, 0.2) is 0 Å². The van der Waals surface area contributed by atoms with Crippen LogP contribution in [0.25, 0.3) is 0 Å². The van der Waals surface area contributed by atoms with E-state index < -0.39 is 4.92 Å². The van der Waals surface area contributed by atoms with Gasteiger partial charge in [-0.2, -0.15) is 0 Å². The fraction of sp³-hybridized carbons (Fsp3) is 0.667. The van der Waals surface area contributed by atoms with Gasteiger partial charge in [0, 0.05) is 25.7 Å². The lowest BCUT2D eigenvalue weighted by molar-refractivity contribution is -0.383. The molecule has 0 bridgehead atoms. The van der Waals surface area contributed by atoms with E-state index in [9.17, 15) is 10.1 Å². The van der Waals surface area contributed by atoms with Gasteiger partial charge in [0.25, 0.3) is 0 Å². The third-order valence-electron chi connectivity index (χ3n) is 4.26. The monoisotopic (exact) mass is 293 g/mol. The molecule has 0 radical (unpaired) electrons. The third-order valence-corrected chi connectivity index (χ3v) is 4.26. The van der Waals surface area contributed by atoms with Crippen LogP contribution in [-0.4, -0.2) is 52.0 Å². The molecule has 2 saturated heterocycles. The van der Waals surface area contributed by atoms with E-state index in [1.165, 1.54) is 19.2 Å². The normalized spacial score (nSPS) is 22.7. The number of hydrogen-bond donors (Lipinski definition) is 2. The lowest BCUT2D eigenvalue weighted by Crippen LogP contribution is -2.55. The largest absolute Gasteiger partial charge is 0.354 e. The topological polar surface area (TPSA) is 113 Å². The van der Waals surface area contributed by atoms with Crippen molar-refractivity contribution in [3.63, 3.8) is 0 Å². The Morgan fingerprint density at radius 1 is 1.33 bits per heavy atom. The maximum atomic E-state index is 11.3. The molecular weight excluding hydrogens is 274 g/mol. The fourth-order valence-corrected chi connectivity index (χ4v) is 3.22. The summed E-state index contributed by atoms with van der Waals surface area (Å²) in [6.07, 6.45) is 4.91. The van der Waals surface area contributed by atoms with Crippen LogP contribution in [0.4, 0.5) is 17.3 Å². The van der Waals surface area contributed by atoms with Gasteiger partial charge >= 0.3 is 5.69 Å². The summed E-state index contributed by atoms with van der Waals surface area (Å²) in [4.78, 5) is 23.3. The zero-order chi connectivity index (χ0) is 14.8. The minimum Gasteiger partial charge on any atom is -0.348 e. The van der Waals surface area contributed by atoms with Gasteiger partial charge in [-0.05, 0) is 19.4 Å². The fourth-order valence-electron chi connectivity index (χ4n) is 3.22. The number of rotatable bonds is 3. The van der Waals surface area contributed by atoms with E-state index in [-0.39, 0.29) is 11.5 Å². The molecule has 9 heteroatoms. The summed E-state index contributed by atoms with van der Waals surface area (Å²) >= 11 is 0. The number of piperazine rings is 1. The minimum atomic E-state index is -0.474. The number of aromatic nitrogens is 2. The number of anilines is 2. The quantitative estimate of drug-likeness (QED) is 0.466. The number of fused-ring (bicyclic) bond motifs is 1. The Morgan fingerprint density at radius 3 is 2.95 bits per heavy atom. The van der Waals surface area contributed by atoms with Crippen molar-refractivity contribution in [2.75, 3.05) is 36.5 Å². The van der Waals surface area contributed by atoms with Gasteiger partial charge in [-0.25, -0.2) is 15.8 Å². The molecule has 1 atom stereocenters. The number of nitro groups is 1. The van der Waals surface area contributed by atoms with Crippen LogP contribution in [0.2, 0.25) is 0 Å². The molecule has 0 aliphatic carbocycles. The van der Waals surface area contributed by atoms with E-state index >= 15 is 0 Å². The predicted octanol–water partition coefficient (Wildman–Crippen LogP) is 0.345. The maximum absolute atomic E-state index is 11.3. The average Bonchev–Trinajstić information content (AvgIpc) is 2.53. The molecule has 1 aromatic rings. The number of nitrogens with two attached hydrogens (primary N) is 1. The van der Waals surface area contributed by atoms with Crippen LogP contribution in [0.3, 0.4) is 0 Å². The Labute approximate surface area is 122 Å². The van der Waals surface area contributed by atoms with Crippen molar-refractivity contribution in [1.82, 2.24) is 14.9 Å². The first-order chi connectivity index (χ1) is 10.2. The number of hydrogen-bond acceptors (Lipinski definition) is 8. The van der Waals surface area contributed by atoms with Crippen LogP contribution in [0.5, 0.6) is 0 Å². The second-order valence-corrected chi connectivity index (χ2v) is 5.43. The van der Waals surface area contributed by atoms with Crippen LogP contribution in [0.15, 0.2) is 6.33 Å². The van der Waals surface area contributed by atoms with Crippen LogP contribution in [0, 0.1) is 10.1 Å². The molecule has 3 N–H and O–H groups in total. The molecule has 1 aromatic heterocycles.